The Morgan fingerprint density at radius 2 is 1.51 bits per heavy atom. The molecular formula is C49H63F4N7O3. The molecule has 63 heavy (non-hydrogen) atoms. The first-order chi connectivity index (χ1) is 29.9. The smallest absolute Gasteiger partial charge is 0.418 e. The van der Waals surface area contributed by atoms with Crippen molar-refractivity contribution >= 4 is 11.6 Å². The fraction of sp³-hybridized carbons (Fsp3) is 0.571. The van der Waals surface area contributed by atoms with Crippen molar-refractivity contribution in [2.45, 2.75) is 109 Å². The van der Waals surface area contributed by atoms with Crippen molar-refractivity contribution in [3.63, 3.8) is 0 Å². The van der Waals surface area contributed by atoms with E-state index in [9.17, 15) is 4.39 Å². The molecule has 5 heterocycles. The summed E-state index contributed by atoms with van der Waals surface area (Å²) in [5, 5.41) is 0. The molecule has 2 aromatic heterocycles. The zero-order valence-electron chi connectivity index (χ0n) is 38.1. The van der Waals surface area contributed by atoms with Gasteiger partial charge in [-0.1, -0.05) is 31.2 Å². The molecule has 4 aromatic rings. The van der Waals surface area contributed by atoms with E-state index < -0.39 is 29.4 Å². The normalized spacial score (nSPS) is 23.0. The number of likely N-dealkylation sites (tertiary alicyclic amines) is 1. The van der Waals surface area contributed by atoms with E-state index in [2.05, 4.69) is 35.5 Å². The van der Waals surface area contributed by atoms with E-state index in [4.69, 9.17) is 29.2 Å². The van der Waals surface area contributed by atoms with Crippen LogP contribution in [-0.2, 0) is 32.1 Å². The number of hydrogen-bond acceptors (Lipinski definition) is 10. The number of pyridine rings is 1. The summed E-state index contributed by atoms with van der Waals surface area (Å²) in [7, 11) is 5.27. The van der Waals surface area contributed by atoms with Crippen LogP contribution in [0.25, 0.3) is 0 Å². The summed E-state index contributed by atoms with van der Waals surface area (Å²) in [4.78, 5) is 24.0. The Kier molecular flexibility index (Phi) is 12.6. The van der Waals surface area contributed by atoms with E-state index in [1.807, 2.05) is 67.4 Å². The van der Waals surface area contributed by atoms with E-state index in [1.165, 1.54) is 6.92 Å². The first-order valence-electron chi connectivity index (χ1n) is 22.4. The Hall–Kier alpha value is -4.69. The highest BCUT2D eigenvalue weighted by molar-refractivity contribution is 5.54. The number of anilines is 2. The maximum absolute atomic E-state index is 15.4. The number of ether oxygens (including phenoxy) is 3. The molecule has 340 valence electrons. The van der Waals surface area contributed by atoms with Crippen LogP contribution in [0.2, 0.25) is 0 Å². The van der Waals surface area contributed by atoms with Gasteiger partial charge in [0.2, 0.25) is 0 Å². The zero-order valence-corrected chi connectivity index (χ0v) is 38.1. The number of alkyl halides is 4. The van der Waals surface area contributed by atoms with Crippen molar-refractivity contribution in [1.29, 1.82) is 0 Å². The van der Waals surface area contributed by atoms with Crippen LogP contribution in [0.3, 0.4) is 0 Å². The maximum atomic E-state index is 15.4. The maximum Gasteiger partial charge on any atom is 0.418 e. The van der Waals surface area contributed by atoms with Crippen molar-refractivity contribution in [2.75, 3.05) is 70.4 Å². The van der Waals surface area contributed by atoms with Crippen LogP contribution in [0.15, 0.2) is 54.6 Å². The first kappa shape index (κ1) is 44.9. The lowest BCUT2D eigenvalue weighted by molar-refractivity contribution is -0.139. The standard InChI is InChI=1S/C49H63F4N7O3/c1-31-20-40-41(54-46(63-30-48-18-9-19-59(48)29-36(50)23-48)56-45(40)57(6)24-35-27-60(28-35)47(3,4)5)22-39(31)44-43(49(51,52)53)32(2)21-42(55-44)58(25-33-10-14-37(61-7)15-11-33)26-34-12-16-38(62-8)17-13-34/h10-17,21,31,35-36,39H,9,18-20,22-30H2,1-8H3/t31?,36-,39?,48+/m1/s1. The van der Waals surface area contributed by atoms with Crippen LogP contribution in [-0.4, -0.2) is 103 Å². The second-order valence-electron chi connectivity index (χ2n) is 19.5. The van der Waals surface area contributed by atoms with Crippen LogP contribution in [0.5, 0.6) is 17.5 Å². The molecule has 1 aliphatic carbocycles. The molecule has 0 bridgehead atoms. The Morgan fingerprint density at radius 3 is 2.10 bits per heavy atom. The van der Waals surface area contributed by atoms with Gasteiger partial charge in [0, 0.05) is 75.7 Å². The minimum absolute atomic E-state index is 0.0262. The lowest BCUT2D eigenvalue weighted by atomic mass is 9.75. The third-order valence-electron chi connectivity index (χ3n) is 14.0. The number of fused-ring (bicyclic) bond motifs is 2. The summed E-state index contributed by atoms with van der Waals surface area (Å²) < 4.78 is 78.2. The summed E-state index contributed by atoms with van der Waals surface area (Å²) in [5.74, 6) is 2.26. The van der Waals surface area contributed by atoms with Gasteiger partial charge in [-0.15, -0.1) is 0 Å². The van der Waals surface area contributed by atoms with Crippen molar-refractivity contribution in [3.8, 4) is 17.5 Å². The van der Waals surface area contributed by atoms with Gasteiger partial charge in [0.1, 0.15) is 35.9 Å². The lowest BCUT2D eigenvalue weighted by Crippen LogP contribution is -2.58. The molecule has 0 radical (unpaired) electrons. The number of aryl methyl sites for hydroxylation is 1. The average Bonchev–Trinajstić information content (AvgIpc) is 3.75. The SMILES string of the molecule is COc1ccc(CN(Cc2ccc(OC)cc2)c2cc(C)c(C(F)(F)F)c(C3Cc4nc(OC[C@@]56CCCN5C[C@H](F)C6)nc(N(C)CC5CN(C(C)(C)C)C5)c4CC3C)n2)cc1. The van der Waals surface area contributed by atoms with Gasteiger partial charge in [0.25, 0.3) is 0 Å². The summed E-state index contributed by atoms with van der Waals surface area (Å²) in [6.45, 7) is 15.3. The highest BCUT2D eigenvalue weighted by atomic mass is 19.4. The Morgan fingerprint density at radius 1 is 0.873 bits per heavy atom. The second kappa shape index (κ2) is 17.7. The van der Waals surface area contributed by atoms with Crippen LogP contribution < -0.4 is 24.0 Å². The van der Waals surface area contributed by atoms with E-state index in [1.54, 1.807) is 20.3 Å². The van der Waals surface area contributed by atoms with Gasteiger partial charge in [-0.3, -0.25) is 9.80 Å². The molecule has 2 aromatic carbocycles. The van der Waals surface area contributed by atoms with E-state index in [-0.39, 0.29) is 41.8 Å². The van der Waals surface area contributed by atoms with Crippen molar-refractivity contribution in [1.82, 2.24) is 24.8 Å². The van der Waals surface area contributed by atoms with Crippen LogP contribution in [0, 0.1) is 18.8 Å². The van der Waals surface area contributed by atoms with Crippen LogP contribution >= 0.6 is 0 Å². The van der Waals surface area contributed by atoms with Gasteiger partial charge < -0.3 is 24.0 Å². The fourth-order valence-corrected chi connectivity index (χ4v) is 10.4. The van der Waals surface area contributed by atoms with Gasteiger partial charge in [-0.05, 0) is 113 Å². The topological polar surface area (TPSA) is 79.3 Å². The molecule has 0 saturated carbocycles. The Bertz CT molecular complexity index is 2180. The van der Waals surface area contributed by atoms with Crippen LogP contribution in [0.4, 0.5) is 29.2 Å². The monoisotopic (exact) mass is 873 g/mol. The summed E-state index contributed by atoms with van der Waals surface area (Å²) in [6.07, 6.45) is -2.61. The minimum Gasteiger partial charge on any atom is -0.497 e. The average molecular weight is 874 g/mol. The highest BCUT2D eigenvalue weighted by Gasteiger charge is 2.50. The van der Waals surface area contributed by atoms with E-state index >= 15 is 13.2 Å². The minimum atomic E-state index is -4.64. The van der Waals surface area contributed by atoms with Gasteiger partial charge in [-0.2, -0.15) is 23.1 Å². The van der Waals surface area contributed by atoms with Crippen molar-refractivity contribution in [2.24, 2.45) is 11.8 Å². The summed E-state index contributed by atoms with van der Waals surface area (Å²) in [5.41, 5.74) is 2.66. The molecule has 14 heteroatoms. The van der Waals surface area contributed by atoms with Gasteiger partial charge >= 0.3 is 12.2 Å². The number of rotatable bonds is 14. The molecule has 8 rings (SSSR count). The molecule has 3 saturated heterocycles. The van der Waals surface area contributed by atoms with Crippen LogP contribution in [0.1, 0.15) is 92.1 Å². The Labute approximate surface area is 369 Å². The number of nitrogens with zero attached hydrogens (tertiary/aromatic N) is 7. The summed E-state index contributed by atoms with van der Waals surface area (Å²) in [6, 6.07) is 17.1. The molecule has 0 spiro atoms. The molecule has 0 amide bonds. The third-order valence-corrected chi connectivity index (χ3v) is 14.0. The number of hydrogen-bond donors (Lipinski definition) is 0. The lowest BCUT2D eigenvalue weighted by Gasteiger charge is -2.48. The van der Waals surface area contributed by atoms with E-state index in [0.29, 0.717) is 61.4 Å². The number of benzene rings is 2. The molecule has 2 unspecified atom stereocenters. The van der Waals surface area contributed by atoms with Gasteiger partial charge in [-0.25, -0.2) is 9.37 Å². The fourth-order valence-electron chi connectivity index (χ4n) is 10.4. The molecule has 4 aliphatic rings. The quantitative estimate of drug-likeness (QED) is 0.115. The third kappa shape index (κ3) is 9.58. The van der Waals surface area contributed by atoms with Crippen molar-refractivity contribution < 1.29 is 31.8 Å². The zero-order chi connectivity index (χ0) is 44.8. The van der Waals surface area contributed by atoms with Crippen molar-refractivity contribution in [3.05, 3.63) is 93.8 Å². The van der Waals surface area contributed by atoms with E-state index in [0.717, 1.165) is 61.5 Å². The molecular weight excluding hydrogens is 811 g/mol. The molecule has 10 nitrogen and oxygen atoms in total. The molecule has 4 atom stereocenters. The predicted molar refractivity (Wildman–Crippen MR) is 238 cm³/mol. The number of methoxy groups -OCH3 is 2. The second-order valence-corrected chi connectivity index (χ2v) is 19.5. The predicted octanol–water partition coefficient (Wildman–Crippen LogP) is 9.06. The summed E-state index contributed by atoms with van der Waals surface area (Å²) >= 11 is 0. The highest BCUT2D eigenvalue weighted by Crippen LogP contribution is 2.46. The van der Waals surface area contributed by atoms with Gasteiger partial charge in [0.05, 0.1) is 36.7 Å². The molecule has 3 aliphatic heterocycles. The largest absolute Gasteiger partial charge is 0.497 e. The number of halogens is 4. The number of aromatic nitrogens is 3. The first-order valence-corrected chi connectivity index (χ1v) is 22.4. The Balaban J connectivity index is 1.16. The molecule has 0 N–H and O–H groups in total. The molecule has 3 fully saturated rings. The van der Waals surface area contributed by atoms with Gasteiger partial charge in [0.15, 0.2) is 0 Å².